The van der Waals surface area contributed by atoms with Gasteiger partial charge in [-0.15, -0.1) is 0 Å². The van der Waals surface area contributed by atoms with E-state index in [2.05, 4.69) is 38.1 Å². The molecule has 0 radical (unpaired) electrons. The molecule has 3 nitrogen and oxygen atoms in total. The molecule has 0 aromatic heterocycles. The zero-order chi connectivity index (χ0) is 21.9. The Morgan fingerprint density at radius 3 is 2.00 bits per heavy atom. The van der Waals surface area contributed by atoms with E-state index in [0.717, 1.165) is 48.1 Å². The predicted octanol–water partition coefficient (Wildman–Crippen LogP) is 7.28. The minimum absolute atomic E-state index is 0.0720. The summed E-state index contributed by atoms with van der Waals surface area (Å²) in [5.41, 5.74) is 4.63. The molecule has 3 heteroatoms. The third kappa shape index (κ3) is 3.83. The van der Waals surface area contributed by atoms with E-state index in [-0.39, 0.29) is 5.41 Å². The first-order chi connectivity index (χ1) is 15.1. The largest absolute Gasteiger partial charge is 0.494 e. The second-order valence-corrected chi connectivity index (χ2v) is 9.54. The second kappa shape index (κ2) is 8.76. The van der Waals surface area contributed by atoms with Crippen molar-refractivity contribution in [2.45, 2.75) is 77.0 Å². The van der Waals surface area contributed by atoms with Gasteiger partial charge in [-0.3, -0.25) is 0 Å². The zero-order valence-corrected chi connectivity index (χ0v) is 18.8. The van der Waals surface area contributed by atoms with Crippen molar-refractivity contribution in [1.82, 2.24) is 0 Å². The third-order valence-electron chi connectivity index (χ3n) is 7.82. The Morgan fingerprint density at radius 2 is 1.45 bits per heavy atom. The molecule has 0 N–H and O–H groups in total. The van der Waals surface area contributed by atoms with Crippen molar-refractivity contribution in [1.29, 1.82) is 10.5 Å². The van der Waals surface area contributed by atoms with E-state index in [1.54, 1.807) is 0 Å². The Hall–Kier alpha value is -2.78. The fourth-order valence-electron chi connectivity index (χ4n) is 6.04. The minimum Gasteiger partial charge on any atom is -0.494 e. The van der Waals surface area contributed by atoms with Gasteiger partial charge < -0.3 is 4.74 Å². The van der Waals surface area contributed by atoms with Crippen LogP contribution in [-0.2, 0) is 5.41 Å². The topological polar surface area (TPSA) is 56.8 Å². The minimum atomic E-state index is 0.0720. The smallest absolute Gasteiger partial charge is 0.119 e. The SMILES string of the molecule is CCCOc1ccc(-c2ccc(C34CCC(CCC)(CC3)CC4)c(C#N)c2C#N)cc1. The lowest BCUT2D eigenvalue weighted by Gasteiger charge is -2.54. The van der Waals surface area contributed by atoms with Gasteiger partial charge in [0.1, 0.15) is 17.9 Å². The van der Waals surface area contributed by atoms with Crippen molar-refractivity contribution in [2.24, 2.45) is 5.41 Å². The number of rotatable bonds is 7. The maximum absolute atomic E-state index is 10.1. The first-order valence-electron chi connectivity index (χ1n) is 11.8. The van der Waals surface area contributed by atoms with Crippen LogP contribution in [0.2, 0.25) is 0 Å². The number of benzene rings is 2. The second-order valence-electron chi connectivity index (χ2n) is 9.54. The van der Waals surface area contributed by atoms with Crippen LogP contribution >= 0.6 is 0 Å². The highest BCUT2D eigenvalue weighted by Crippen LogP contribution is 2.60. The Labute approximate surface area is 186 Å². The van der Waals surface area contributed by atoms with Crippen LogP contribution < -0.4 is 4.74 Å². The van der Waals surface area contributed by atoms with Gasteiger partial charge in [0.2, 0.25) is 0 Å². The first kappa shape index (κ1) is 21.5. The lowest BCUT2D eigenvalue weighted by Crippen LogP contribution is -2.44. The molecule has 5 rings (SSSR count). The van der Waals surface area contributed by atoms with Crippen LogP contribution in [0.15, 0.2) is 36.4 Å². The van der Waals surface area contributed by atoms with Crippen molar-refractivity contribution >= 4 is 0 Å². The standard InChI is InChI=1S/C28H32N2O/c1-3-11-27-12-15-28(16-13-27,17-14-27)26-10-9-23(24(19-29)25(26)20-30)21-5-7-22(8-6-21)31-18-4-2/h5-10H,3-4,11-18H2,1-2H3. The Balaban J connectivity index is 1.69. The molecule has 3 aliphatic rings. The summed E-state index contributed by atoms with van der Waals surface area (Å²) in [7, 11) is 0. The molecule has 2 aromatic rings. The maximum atomic E-state index is 10.1. The number of nitrogens with zero attached hydrogens (tertiary/aromatic N) is 2. The lowest BCUT2D eigenvalue weighted by atomic mass is 9.50. The van der Waals surface area contributed by atoms with Crippen LogP contribution in [0.1, 0.15) is 88.3 Å². The molecule has 0 heterocycles. The van der Waals surface area contributed by atoms with Gasteiger partial charge in [-0.2, -0.15) is 10.5 Å². The highest BCUT2D eigenvalue weighted by atomic mass is 16.5. The molecule has 0 unspecified atom stereocenters. The van der Waals surface area contributed by atoms with Crippen molar-refractivity contribution in [2.75, 3.05) is 6.61 Å². The zero-order valence-electron chi connectivity index (χ0n) is 18.8. The van der Waals surface area contributed by atoms with Crippen LogP contribution in [-0.4, -0.2) is 6.61 Å². The summed E-state index contributed by atoms with van der Waals surface area (Å²) in [6, 6.07) is 16.9. The van der Waals surface area contributed by atoms with E-state index in [4.69, 9.17) is 4.74 Å². The fraction of sp³-hybridized carbons (Fsp3) is 0.500. The number of ether oxygens (including phenoxy) is 1. The summed E-state index contributed by atoms with van der Waals surface area (Å²) in [6.45, 7) is 5.07. The van der Waals surface area contributed by atoms with Gasteiger partial charge >= 0.3 is 0 Å². The summed E-state index contributed by atoms with van der Waals surface area (Å²) < 4.78 is 5.69. The quantitative estimate of drug-likeness (QED) is 0.480. The van der Waals surface area contributed by atoms with Crippen molar-refractivity contribution in [3.63, 3.8) is 0 Å². The highest BCUT2D eigenvalue weighted by Gasteiger charge is 2.49. The van der Waals surface area contributed by atoms with Crippen molar-refractivity contribution in [3.8, 4) is 29.0 Å². The molecule has 0 spiro atoms. The van der Waals surface area contributed by atoms with Crippen LogP contribution in [0.4, 0.5) is 0 Å². The normalized spacial score (nSPS) is 24.4. The van der Waals surface area contributed by atoms with E-state index < -0.39 is 0 Å². The third-order valence-corrected chi connectivity index (χ3v) is 7.82. The number of fused-ring (bicyclic) bond motifs is 3. The number of nitriles is 2. The van der Waals surface area contributed by atoms with E-state index in [9.17, 15) is 10.5 Å². The Bertz CT molecular complexity index is 998. The number of hydrogen-bond acceptors (Lipinski definition) is 3. The molecule has 3 saturated carbocycles. The summed E-state index contributed by atoms with van der Waals surface area (Å²) in [5, 5.41) is 20.1. The average Bonchev–Trinajstić information content (AvgIpc) is 2.83. The molecule has 3 aliphatic carbocycles. The first-order valence-corrected chi connectivity index (χ1v) is 11.8. The van der Waals surface area contributed by atoms with Crippen molar-refractivity contribution in [3.05, 3.63) is 53.1 Å². The molecule has 0 saturated heterocycles. The van der Waals surface area contributed by atoms with Crippen LogP contribution in [0.25, 0.3) is 11.1 Å². The van der Waals surface area contributed by atoms with Gasteiger partial charge in [-0.05, 0) is 85.5 Å². The van der Waals surface area contributed by atoms with E-state index >= 15 is 0 Å². The van der Waals surface area contributed by atoms with Crippen molar-refractivity contribution < 1.29 is 4.74 Å². The summed E-state index contributed by atoms with van der Waals surface area (Å²) in [4.78, 5) is 0. The average molecular weight is 413 g/mol. The van der Waals surface area contributed by atoms with Gasteiger partial charge in [-0.25, -0.2) is 0 Å². The molecule has 0 amide bonds. The summed E-state index contributed by atoms with van der Waals surface area (Å²) in [5.74, 6) is 0.833. The molecule has 0 atom stereocenters. The predicted molar refractivity (Wildman–Crippen MR) is 124 cm³/mol. The van der Waals surface area contributed by atoms with Gasteiger partial charge in [0, 0.05) is 5.56 Å². The molecular weight excluding hydrogens is 380 g/mol. The molecule has 2 bridgehead atoms. The van der Waals surface area contributed by atoms with Crippen LogP contribution in [0, 0.1) is 28.1 Å². The van der Waals surface area contributed by atoms with E-state index in [1.807, 2.05) is 24.3 Å². The summed E-state index contributed by atoms with van der Waals surface area (Å²) >= 11 is 0. The van der Waals surface area contributed by atoms with Gasteiger partial charge in [0.25, 0.3) is 0 Å². The highest BCUT2D eigenvalue weighted by molar-refractivity contribution is 5.75. The van der Waals surface area contributed by atoms with Gasteiger partial charge in [0.05, 0.1) is 17.7 Å². The molecule has 160 valence electrons. The molecular formula is C28H32N2O. The molecule has 3 fully saturated rings. The van der Waals surface area contributed by atoms with Gasteiger partial charge in [-0.1, -0.05) is 44.5 Å². The van der Waals surface area contributed by atoms with E-state index in [1.165, 1.54) is 32.1 Å². The maximum Gasteiger partial charge on any atom is 0.119 e. The summed E-state index contributed by atoms with van der Waals surface area (Å²) in [6.07, 6.45) is 10.8. The van der Waals surface area contributed by atoms with Gasteiger partial charge in [0.15, 0.2) is 0 Å². The molecule has 31 heavy (non-hydrogen) atoms. The Morgan fingerprint density at radius 1 is 0.806 bits per heavy atom. The molecule has 2 aromatic carbocycles. The van der Waals surface area contributed by atoms with Crippen LogP contribution in [0.3, 0.4) is 0 Å². The van der Waals surface area contributed by atoms with Crippen LogP contribution in [0.5, 0.6) is 5.75 Å². The Kier molecular flexibility index (Phi) is 6.06. The lowest BCUT2D eigenvalue weighted by molar-refractivity contribution is 0.0319. The molecule has 0 aliphatic heterocycles. The fourth-order valence-corrected chi connectivity index (χ4v) is 6.04. The van der Waals surface area contributed by atoms with E-state index in [0.29, 0.717) is 23.1 Å². The number of hydrogen-bond donors (Lipinski definition) is 0. The monoisotopic (exact) mass is 412 g/mol.